The van der Waals surface area contributed by atoms with Crippen LogP contribution in [-0.2, 0) is 4.79 Å². The first-order valence-corrected chi connectivity index (χ1v) is 10.7. The van der Waals surface area contributed by atoms with Gasteiger partial charge >= 0.3 is 0 Å². The van der Waals surface area contributed by atoms with E-state index in [1.165, 1.54) is 30.0 Å². The lowest BCUT2D eigenvalue weighted by Gasteiger charge is -2.02. The average Bonchev–Trinajstić information content (AvgIpc) is 3.36. The monoisotopic (exact) mass is 469 g/mol. The topological polar surface area (TPSA) is 107 Å². The van der Waals surface area contributed by atoms with Gasteiger partial charge in [0.2, 0.25) is 0 Å². The van der Waals surface area contributed by atoms with E-state index in [1.807, 2.05) is 19.1 Å². The smallest absolute Gasteiger partial charge is 0.270 e. The number of nitro groups is 1. The first-order valence-electron chi connectivity index (χ1n) is 9.49. The van der Waals surface area contributed by atoms with E-state index in [1.54, 1.807) is 30.3 Å². The van der Waals surface area contributed by atoms with E-state index in [-0.39, 0.29) is 11.6 Å². The molecule has 1 saturated heterocycles. The summed E-state index contributed by atoms with van der Waals surface area (Å²) in [6, 6.07) is 14.6. The van der Waals surface area contributed by atoms with Gasteiger partial charge in [0.25, 0.3) is 11.6 Å². The van der Waals surface area contributed by atoms with Gasteiger partial charge < -0.3 is 14.5 Å². The lowest BCUT2D eigenvalue weighted by molar-refractivity contribution is -0.384. The van der Waals surface area contributed by atoms with Crippen LogP contribution in [0.2, 0.25) is 5.02 Å². The summed E-state index contributed by atoms with van der Waals surface area (Å²) in [6.07, 6.45) is 1.58. The third-order valence-corrected chi connectivity index (χ3v) is 5.60. The van der Waals surface area contributed by atoms with Gasteiger partial charge in [0.05, 0.1) is 27.1 Å². The standard InChI is InChI=1S/C22H16ClN3O5S/c1-2-30-15-6-3-13(4-7-15)24-22-25-21(27)20(32-22)12-16-8-10-19(31-16)17-11-14(26(28)29)5-9-18(17)23/h3-12H,2H2,1H3,(H,24,25,27)/b20-12+. The van der Waals surface area contributed by atoms with E-state index < -0.39 is 4.92 Å². The summed E-state index contributed by atoms with van der Waals surface area (Å²) in [5.74, 6) is 1.21. The van der Waals surface area contributed by atoms with Crippen LogP contribution in [0.15, 0.2) is 68.9 Å². The first kappa shape index (κ1) is 21.7. The molecule has 10 heteroatoms. The van der Waals surface area contributed by atoms with Gasteiger partial charge in [0, 0.05) is 23.8 Å². The van der Waals surface area contributed by atoms with Crippen molar-refractivity contribution < 1.29 is 18.9 Å². The Morgan fingerprint density at radius 3 is 2.72 bits per heavy atom. The number of amides is 1. The molecule has 1 aromatic heterocycles. The molecular formula is C22H16ClN3O5S. The largest absolute Gasteiger partial charge is 0.494 e. The number of non-ortho nitro benzene ring substituents is 1. The van der Waals surface area contributed by atoms with E-state index in [2.05, 4.69) is 10.3 Å². The zero-order valence-electron chi connectivity index (χ0n) is 16.7. The third kappa shape index (κ3) is 4.84. The summed E-state index contributed by atoms with van der Waals surface area (Å²) in [5.41, 5.74) is 0.978. The number of nitrogens with one attached hydrogen (secondary N) is 1. The fraction of sp³-hybridized carbons (Fsp3) is 0.0909. The normalized spacial score (nSPS) is 15.9. The number of nitrogens with zero attached hydrogens (tertiary/aromatic N) is 2. The summed E-state index contributed by atoms with van der Waals surface area (Å²) in [7, 11) is 0. The molecule has 1 amide bonds. The minimum absolute atomic E-state index is 0.0958. The van der Waals surface area contributed by atoms with Crippen LogP contribution >= 0.6 is 23.4 Å². The van der Waals surface area contributed by atoms with Crippen LogP contribution in [-0.4, -0.2) is 22.6 Å². The molecule has 0 bridgehead atoms. The summed E-state index contributed by atoms with van der Waals surface area (Å²) in [6.45, 7) is 2.49. The fourth-order valence-corrected chi connectivity index (χ4v) is 3.93. The predicted molar refractivity (Wildman–Crippen MR) is 124 cm³/mol. The Morgan fingerprint density at radius 1 is 1.22 bits per heavy atom. The van der Waals surface area contributed by atoms with Crippen molar-refractivity contribution in [2.45, 2.75) is 6.92 Å². The van der Waals surface area contributed by atoms with Crippen molar-refractivity contribution in [1.29, 1.82) is 0 Å². The van der Waals surface area contributed by atoms with Crippen LogP contribution in [0.25, 0.3) is 17.4 Å². The van der Waals surface area contributed by atoms with Gasteiger partial charge in [-0.25, -0.2) is 4.99 Å². The fourth-order valence-electron chi connectivity index (χ4n) is 2.90. The summed E-state index contributed by atoms with van der Waals surface area (Å²) in [5, 5.41) is 14.5. The second kappa shape index (κ2) is 9.29. The second-order valence-electron chi connectivity index (χ2n) is 6.53. The van der Waals surface area contributed by atoms with Crippen molar-refractivity contribution in [3.8, 4) is 17.1 Å². The molecule has 0 unspecified atom stereocenters. The van der Waals surface area contributed by atoms with Gasteiger partial charge in [-0.05, 0) is 61.2 Å². The van der Waals surface area contributed by atoms with E-state index >= 15 is 0 Å². The Balaban J connectivity index is 1.53. The molecule has 0 spiro atoms. The lowest BCUT2D eigenvalue weighted by Crippen LogP contribution is -2.19. The highest BCUT2D eigenvalue weighted by atomic mass is 35.5. The number of ether oxygens (including phenoxy) is 1. The number of benzene rings is 2. The van der Waals surface area contributed by atoms with Crippen molar-refractivity contribution >= 4 is 51.9 Å². The van der Waals surface area contributed by atoms with E-state index in [4.69, 9.17) is 20.8 Å². The predicted octanol–water partition coefficient (Wildman–Crippen LogP) is 5.80. The number of rotatable bonds is 6. The first-order chi connectivity index (χ1) is 15.4. The quantitative estimate of drug-likeness (QED) is 0.278. The average molecular weight is 470 g/mol. The zero-order valence-corrected chi connectivity index (χ0v) is 18.3. The molecule has 0 saturated carbocycles. The van der Waals surface area contributed by atoms with Gasteiger partial charge in [-0.1, -0.05) is 11.6 Å². The highest BCUT2D eigenvalue weighted by molar-refractivity contribution is 8.18. The Bertz CT molecular complexity index is 1250. The maximum atomic E-state index is 12.3. The molecule has 2 heterocycles. The number of amidine groups is 1. The van der Waals surface area contributed by atoms with Crippen molar-refractivity contribution in [3.05, 3.63) is 80.4 Å². The zero-order chi connectivity index (χ0) is 22.7. The number of aliphatic imine (C=N–C) groups is 1. The number of halogens is 1. The van der Waals surface area contributed by atoms with Crippen molar-refractivity contribution in [2.24, 2.45) is 4.99 Å². The number of hydrogen-bond donors (Lipinski definition) is 1. The molecular weight excluding hydrogens is 454 g/mol. The van der Waals surface area contributed by atoms with Gasteiger partial charge in [-0.2, -0.15) is 0 Å². The van der Waals surface area contributed by atoms with Gasteiger partial charge in [0.1, 0.15) is 17.3 Å². The summed E-state index contributed by atoms with van der Waals surface area (Å²) in [4.78, 5) is 27.7. The maximum Gasteiger partial charge on any atom is 0.270 e. The molecule has 1 aliphatic rings. The SMILES string of the molecule is CCOc1ccc(N=C2NC(=O)/C(=C\c3ccc(-c4cc([N+](=O)[O-])ccc4Cl)o3)S2)cc1. The van der Waals surface area contributed by atoms with Gasteiger partial charge in [0.15, 0.2) is 5.17 Å². The molecule has 2 aromatic carbocycles. The Kier molecular flexibility index (Phi) is 6.29. The molecule has 0 aliphatic carbocycles. The Hall–Kier alpha value is -3.56. The molecule has 162 valence electrons. The van der Waals surface area contributed by atoms with E-state index in [0.717, 1.165) is 5.75 Å². The molecule has 1 fully saturated rings. The van der Waals surface area contributed by atoms with Crippen molar-refractivity contribution in [1.82, 2.24) is 5.32 Å². The van der Waals surface area contributed by atoms with Crippen LogP contribution in [0.4, 0.5) is 11.4 Å². The molecule has 32 heavy (non-hydrogen) atoms. The minimum Gasteiger partial charge on any atom is -0.494 e. The summed E-state index contributed by atoms with van der Waals surface area (Å²) < 4.78 is 11.2. The van der Waals surface area contributed by atoms with Crippen LogP contribution in [0.3, 0.4) is 0 Å². The lowest BCUT2D eigenvalue weighted by atomic mass is 10.1. The number of carbonyl (C=O) groups excluding carboxylic acids is 1. The van der Waals surface area contributed by atoms with Gasteiger partial charge in [-0.3, -0.25) is 14.9 Å². The molecule has 1 N–H and O–H groups in total. The maximum absolute atomic E-state index is 12.3. The second-order valence-corrected chi connectivity index (χ2v) is 7.97. The minimum atomic E-state index is -0.504. The van der Waals surface area contributed by atoms with Crippen molar-refractivity contribution in [2.75, 3.05) is 6.61 Å². The van der Waals surface area contributed by atoms with Crippen LogP contribution in [0, 0.1) is 10.1 Å². The number of hydrogen-bond acceptors (Lipinski definition) is 7. The summed E-state index contributed by atoms with van der Waals surface area (Å²) >= 11 is 7.35. The Morgan fingerprint density at radius 2 is 2.00 bits per heavy atom. The number of carbonyl (C=O) groups is 1. The molecule has 4 rings (SSSR count). The molecule has 0 radical (unpaired) electrons. The molecule has 1 aliphatic heterocycles. The van der Waals surface area contributed by atoms with E-state index in [0.29, 0.717) is 44.5 Å². The molecule has 3 aromatic rings. The molecule has 8 nitrogen and oxygen atoms in total. The van der Waals surface area contributed by atoms with E-state index in [9.17, 15) is 14.9 Å². The highest BCUT2D eigenvalue weighted by Gasteiger charge is 2.24. The number of nitro benzene ring substituents is 1. The highest BCUT2D eigenvalue weighted by Crippen LogP contribution is 2.34. The third-order valence-electron chi connectivity index (χ3n) is 4.36. The van der Waals surface area contributed by atoms with Crippen LogP contribution in [0.1, 0.15) is 12.7 Å². The number of furan rings is 1. The van der Waals surface area contributed by atoms with Crippen LogP contribution in [0.5, 0.6) is 5.75 Å². The van der Waals surface area contributed by atoms with Crippen molar-refractivity contribution in [3.63, 3.8) is 0 Å². The van der Waals surface area contributed by atoms with Crippen LogP contribution < -0.4 is 10.1 Å². The molecule has 0 atom stereocenters. The number of thioether (sulfide) groups is 1. The van der Waals surface area contributed by atoms with Gasteiger partial charge in [-0.15, -0.1) is 0 Å². The Labute approximate surface area is 192 Å².